The molecule has 0 aromatic heterocycles. The van der Waals surface area contributed by atoms with E-state index in [0.29, 0.717) is 18.6 Å². The van der Waals surface area contributed by atoms with Crippen molar-refractivity contribution in [3.05, 3.63) is 34.9 Å². The molecular formula is C16H19F6NO2. The minimum absolute atomic E-state index is 0.0505. The summed E-state index contributed by atoms with van der Waals surface area (Å²) in [5, 5.41) is 11.7. The minimum atomic E-state index is -4.91. The van der Waals surface area contributed by atoms with Crippen LogP contribution in [0.15, 0.2) is 18.2 Å². The molecule has 0 bridgehead atoms. The zero-order valence-corrected chi connectivity index (χ0v) is 13.6. The molecule has 0 heterocycles. The monoisotopic (exact) mass is 371 g/mol. The fourth-order valence-corrected chi connectivity index (χ4v) is 2.35. The van der Waals surface area contributed by atoms with Crippen LogP contribution in [0.25, 0.3) is 0 Å². The van der Waals surface area contributed by atoms with Gasteiger partial charge in [0, 0.05) is 13.1 Å². The van der Waals surface area contributed by atoms with Gasteiger partial charge in [-0.3, -0.25) is 4.79 Å². The number of alkyl halides is 6. The highest BCUT2D eigenvalue weighted by molar-refractivity contribution is 5.70. The van der Waals surface area contributed by atoms with E-state index in [9.17, 15) is 31.1 Å². The van der Waals surface area contributed by atoms with Crippen LogP contribution < -0.4 is 5.32 Å². The van der Waals surface area contributed by atoms with Crippen molar-refractivity contribution in [1.29, 1.82) is 0 Å². The molecule has 1 unspecified atom stereocenters. The molecule has 0 aliphatic rings. The molecule has 0 fully saturated rings. The minimum Gasteiger partial charge on any atom is -0.481 e. The van der Waals surface area contributed by atoms with E-state index in [2.05, 4.69) is 5.32 Å². The van der Waals surface area contributed by atoms with Crippen LogP contribution in [-0.4, -0.2) is 17.6 Å². The molecular weight excluding hydrogens is 352 g/mol. The Morgan fingerprint density at radius 3 is 1.88 bits per heavy atom. The maximum atomic E-state index is 12.8. The van der Waals surface area contributed by atoms with Crippen LogP contribution in [0.2, 0.25) is 0 Å². The Hall–Kier alpha value is -1.77. The second-order valence-electron chi connectivity index (χ2n) is 6.21. The number of nitrogens with one attached hydrogen (secondary N) is 1. The number of hydrogen-bond donors (Lipinski definition) is 2. The van der Waals surface area contributed by atoms with Gasteiger partial charge in [0.15, 0.2) is 0 Å². The lowest BCUT2D eigenvalue weighted by molar-refractivity contribution is -0.143. The van der Waals surface area contributed by atoms with Crippen molar-refractivity contribution in [3.63, 3.8) is 0 Å². The number of carbonyl (C=O) groups is 1. The number of halogens is 6. The van der Waals surface area contributed by atoms with Gasteiger partial charge in [-0.2, -0.15) is 26.3 Å². The van der Waals surface area contributed by atoms with Gasteiger partial charge < -0.3 is 10.4 Å². The van der Waals surface area contributed by atoms with E-state index in [0.717, 1.165) is 0 Å². The smallest absolute Gasteiger partial charge is 0.416 e. The third-order valence-corrected chi connectivity index (χ3v) is 3.47. The number of hydrogen-bond acceptors (Lipinski definition) is 2. The normalized spacial score (nSPS) is 14.0. The van der Waals surface area contributed by atoms with E-state index >= 15 is 0 Å². The van der Waals surface area contributed by atoms with Gasteiger partial charge in [0.05, 0.1) is 17.0 Å². The van der Waals surface area contributed by atoms with Gasteiger partial charge >= 0.3 is 18.3 Å². The SMILES string of the molecule is CC(C)CC(CNCc1cc(C(F)(F)F)cc(C(F)(F)F)c1)C(=O)O. The molecule has 0 aliphatic heterocycles. The summed E-state index contributed by atoms with van der Waals surface area (Å²) >= 11 is 0. The van der Waals surface area contributed by atoms with Gasteiger partial charge in [-0.1, -0.05) is 13.8 Å². The zero-order chi connectivity index (χ0) is 19.4. The van der Waals surface area contributed by atoms with Crippen molar-refractivity contribution in [2.75, 3.05) is 6.54 Å². The Morgan fingerprint density at radius 1 is 1.04 bits per heavy atom. The van der Waals surface area contributed by atoms with E-state index < -0.39 is 35.4 Å². The Kier molecular flexibility index (Phi) is 6.87. The summed E-state index contributed by atoms with van der Waals surface area (Å²) in [7, 11) is 0. The van der Waals surface area contributed by atoms with Crippen LogP contribution in [0.3, 0.4) is 0 Å². The standard InChI is InChI=1S/C16H19F6NO2/c1-9(2)3-11(14(24)25)8-23-7-10-4-12(15(17,18)19)6-13(5-10)16(20,21)22/h4-6,9,11,23H,3,7-8H2,1-2H3,(H,24,25). The van der Waals surface area contributed by atoms with Crippen LogP contribution in [-0.2, 0) is 23.7 Å². The molecule has 2 N–H and O–H groups in total. The lowest BCUT2D eigenvalue weighted by Gasteiger charge is -2.17. The van der Waals surface area contributed by atoms with Gasteiger partial charge in [-0.15, -0.1) is 0 Å². The summed E-state index contributed by atoms with van der Waals surface area (Å²) in [6, 6.07) is 1.31. The second-order valence-corrected chi connectivity index (χ2v) is 6.21. The lowest BCUT2D eigenvalue weighted by atomic mass is 9.97. The predicted molar refractivity (Wildman–Crippen MR) is 78.7 cm³/mol. The maximum Gasteiger partial charge on any atom is 0.416 e. The van der Waals surface area contributed by atoms with Crippen molar-refractivity contribution >= 4 is 5.97 Å². The average Bonchev–Trinajstić information content (AvgIpc) is 2.43. The third kappa shape index (κ3) is 6.93. The van der Waals surface area contributed by atoms with E-state index in [1.807, 2.05) is 13.8 Å². The van der Waals surface area contributed by atoms with Crippen LogP contribution in [0.4, 0.5) is 26.3 Å². The first-order valence-corrected chi connectivity index (χ1v) is 7.52. The highest BCUT2D eigenvalue weighted by Gasteiger charge is 2.36. The summed E-state index contributed by atoms with van der Waals surface area (Å²) in [4.78, 5) is 11.1. The van der Waals surface area contributed by atoms with E-state index in [4.69, 9.17) is 5.11 Å². The molecule has 0 saturated carbocycles. The van der Waals surface area contributed by atoms with Crippen LogP contribution in [0.5, 0.6) is 0 Å². The summed E-state index contributed by atoms with van der Waals surface area (Å²) in [5.74, 6) is -1.75. The highest BCUT2D eigenvalue weighted by atomic mass is 19.4. The third-order valence-electron chi connectivity index (χ3n) is 3.47. The molecule has 0 saturated heterocycles. The molecule has 0 radical (unpaired) electrons. The second kappa shape index (κ2) is 8.07. The molecule has 0 spiro atoms. The number of carboxylic acids is 1. The predicted octanol–water partition coefficient (Wildman–Crippen LogP) is 4.56. The van der Waals surface area contributed by atoms with Gasteiger partial charge in [0.1, 0.15) is 0 Å². The lowest BCUT2D eigenvalue weighted by Crippen LogP contribution is -2.29. The first kappa shape index (κ1) is 21.3. The Balaban J connectivity index is 2.92. The molecule has 1 rings (SSSR count). The quantitative estimate of drug-likeness (QED) is 0.691. The summed E-state index contributed by atoms with van der Waals surface area (Å²) in [5.41, 5.74) is -3.00. The molecule has 1 aromatic carbocycles. The molecule has 0 amide bonds. The molecule has 9 heteroatoms. The number of carboxylic acid groups (broad SMARTS) is 1. The molecule has 0 aliphatic carbocycles. The fourth-order valence-electron chi connectivity index (χ4n) is 2.35. The van der Waals surface area contributed by atoms with E-state index in [1.165, 1.54) is 0 Å². The summed E-state index contributed by atoms with van der Waals surface area (Å²) < 4.78 is 76.6. The van der Waals surface area contributed by atoms with Gasteiger partial charge in [0.2, 0.25) is 0 Å². The van der Waals surface area contributed by atoms with Crippen LogP contribution >= 0.6 is 0 Å². The van der Waals surface area contributed by atoms with Crippen molar-refractivity contribution in [3.8, 4) is 0 Å². The Bertz CT molecular complexity index is 563. The maximum absolute atomic E-state index is 12.8. The highest BCUT2D eigenvalue weighted by Crippen LogP contribution is 2.36. The Morgan fingerprint density at radius 2 is 1.52 bits per heavy atom. The van der Waals surface area contributed by atoms with Gasteiger partial charge in [-0.05, 0) is 36.1 Å². The molecule has 1 atom stereocenters. The van der Waals surface area contributed by atoms with Gasteiger partial charge in [-0.25, -0.2) is 0 Å². The molecule has 142 valence electrons. The summed E-state index contributed by atoms with van der Waals surface area (Å²) in [6.45, 7) is 3.29. The largest absolute Gasteiger partial charge is 0.481 e. The van der Waals surface area contributed by atoms with Crippen molar-refractivity contribution < 1.29 is 36.2 Å². The molecule has 25 heavy (non-hydrogen) atoms. The van der Waals surface area contributed by atoms with Crippen molar-refractivity contribution in [2.24, 2.45) is 11.8 Å². The van der Waals surface area contributed by atoms with Crippen LogP contribution in [0, 0.1) is 11.8 Å². The summed E-state index contributed by atoms with van der Waals surface area (Å²) in [6.07, 6.45) is -9.47. The number of rotatable bonds is 7. The Labute approximate surface area is 141 Å². The zero-order valence-electron chi connectivity index (χ0n) is 13.6. The van der Waals surface area contributed by atoms with Crippen molar-refractivity contribution in [1.82, 2.24) is 5.32 Å². The fraction of sp³-hybridized carbons (Fsp3) is 0.562. The first-order chi connectivity index (χ1) is 11.3. The molecule has 1 aromatic rings. The number of benzene rings is 1. The molecule has 3 nitrogen and oxygen atoms in total. The van der Waals surface area contributed by atoms with E-state index in [1.54, 1.807) is 0 Å². The average molecular weight is 371 g/mol. The first-order valence-electron chi connectivity index (χ1n) is 7.52. The van der Waals surface area contributed by atoms with E-state index in [-0.39, 0.29) is 30.6 Å². The van der Waals surface area contributed by atoms with Crippen LogP contribution in [0.1, 0.15) is 37.0 Å². The number of aliphatic carboxylic acids is 1. The van der Waals surface area contributed by atoms with Crippen molar-refractivity contribution in [2.45, 2.75) is 39.2 Å². The topological polar surface area (TPSA) is 49.3 Å². The van der Waals surface area contributed by atoms with Gasteiger partial charge in [0.25, 0.3) is 0 Å².